The summed E-state index contributed by atoms with van der Waals surface area (Å²) in [4.78, 5) is 50.6. The van der Waals surface area contributed by atoms with Crippen molar-refractivity contribution in [1.82, 2.24) is 9.80 Å². The standard InChI is InChI=1S/C35H52N4O5/c1-7-22-36(6)31(41)28-29-32(42)39(24-14-12-13-15-25-40)30(35(29)21-20-34(28,9-3)44-35)33(43)38(23-8-2)27-18-16-26(17-19-27)37(10-4)11-5/h7-8,16-19,28-30,40H,1-2,9-15,20-25H2,3-6H3/t28-,29-,30?,34+,35?/m0/s1. The summed E-state index contributed by atoms with van der Waals surface area (Å²) in [7, 11) is 1.74. The molecular weight excluding hydrogens is 556 g/mol. The monoisotopic (exact) mass is 608 g/mol. The molecule has 1 N–H and O–H groups in total. The summed E-state index contributed by atoms with van der Waals surface area (Å²) in [6.07, 6.45) is 8.22. The minimum Gasteiger partial charge on any atom is -0.396 e. The number of carbonyl (C=O) groups excluding carboxylic acids is 3. The number of benzene rings is 1. The van der Waals surface area contributed by atoms with E-state index in [1.807, 2.05) is 31.2 Å². The van der Waals surface area contributed by atoms with Crippen molar-refractivity contribution < 1.29 is 24.2 Å². The fraction of sp³-hybridized carbons (Fsp3) is 0.629. The lowest BCUT2D eigenvalue weighted by atomic mass is 9.64. The predicted molar refractivity (Wildman–Crippen MR) is 174 cm³/mol. The van der Waals surface area contributed by atoms with Crippen LogP contribution in [0.3, 0.4) is 0 Å². The quantitative estimate of drug-likeness (QED) is 0.208. The molecule has 0 saturated carbocycles. The maximum Gasteiger partial charge on any atom is 0.253 e. The van der Waals surface area contributed by atoms with Crippen LogP contribution in [0, 0.1) is 11.8 Å². The molecule has 3 heterocycles. The number of unbranched alkanes of at least 4 members (excludes halogenated alkanes) is 3. The number of likely N-dealkylation sites (N-methyl/N-ethyl adjacent to an activating group) is 1. The zero-order chi connectivity index (χ0) is 32.1. The molecule has 2 unspecified atom stereocenters. The fourth-order valence-corrected chi connectivity index (χ4v) is 7.91. The van der Waals surface area contributed by atoms with Crippen LogP contribution in [0.4, 0.5) is 11.4 Å². The lowest BCUT2D eigenvalue weighted by Crippen LogP contribution is -2.56. The molecule has 1 aromatic rings. The van der Waals surface area contributed by atoms with Gasteiger partial charge in [-0.15, -0.1) is 13.2 Å². The zero-order valence-electron chi connectivity index (χ0n) is 27.2. The largest absolute Gasteiger partial charge is 0.396 e. The predicted octanol–water partition coefficient (Wildman–Crippen LogP) is 4.40. The summed E-state index contributed by atoms with van der Waals surface area (Å²) in [5.41, 5.74) is -0.0490. The van der Waals surface area contributed by atoms with Crippen molar-refractivity contribution in [3.63, 3.8) is 0 Å². The van der Waals surface area contributed by atoms with Gasteiger partial charge >= 0.3 is 0 Å². The number of carbonyl (C=O) groups is 3. The number of ether oxygens (including phenoxy) is 1. The van der Waals surface area contributed by atoms with Gasteiger partial charge in [0.25, 0.3) is 5.91 Å². The smallest absolute Gasteiger partial charge is 0.253 e. The molecule has 44 heavy (non-hydrogen) atoms. The van der Waals surface area contributed by atoms with Gasteiger partial charge in [0.2, 0.25) is 11.8 Å². The maximum atomic E-state index is 14.8. The third kappa shape index (κ3) is 5.81. The van der Waals surface area contributed by atoms with Gasteiger partial charge in [-0.25, -0.2) is 0 Å². The molecule has 4 rings (SSSR count). The molecule has 2 bridgehead atoms. The number of hydrogen-bond donors (Lipinski definition) is 1. The van der Waals surface area contributed by atoms with Crippen LogP contribution >= 0.6 is 0 Å². The lowest BCUT2D eigenvalue weighted by Gasteiger charge is -2.37. The lowest BCUT2D eigenvalue weighted by molar-refractivity contribution is -0.150. The van der Waals surface area contributed by atoms with Crippen LogP contribution in [0.15, 0.2) is 49.6 Å². The Morgan fingerprint density at radius 2 is 1.61 bits per heavy atom. The van der Waals surface area contributed by atoms with Gasteiger partial charge in [0.05, 0.1) is 17.4 Å². The summed E-state index contributed by atoms with van der Waals surface area (Å²) >= 11 is 0. The molecule has 0 aliphatic carbocycles. The summed E-state index contributed by atoms with van der Waals surface area (Å²) < 4.78 is 6.96. The van der Waals surface area contributed by atoms with E-state index in [1.165, 1.54) is 0 Å². The number of likely N-dealkylation sites (tertiary alicyclic amines) is 1. The Hall–Kier alpha value is -3.17. The molecule has 1 spiro atoms. The molecule has 242 valence electrons. The number of aliphatic hydroxyl groups excluding tert-OH is 1. The Kier molecular flexibility index (Phi) is 10.9. The first-order valence-electron chi connectivity index (χ1n) is 16.4. The normalized spacial score (nSPS) is 26.9. The van der Waals surface area contributed by atoms with E-state index in [0.29, 0.717) is 45.2 Å². The molecule has 3 aliphatic heterocycles. The highest BCUT2D eigenvalue weighted by Crippen LogP contribution is 2.64. The summed E-state index contributed by atoms with van der Waals surface area (Å²) in [5, 5.41) is 9.24. The second-order valence-corrected chi connectivity index (χ2v) is 12.4. The first-order chi connectivity index (χ1) is 21.2. The molecular formula is C35H52N4O5. The van der Waals surface area contributed by atoms with E-state index in [2.05, 4.69) is 31.9 Å². The molecule has 3 amide bonds. The summed E-state index contributed by atoms with van der Waals surface area (Å²) in [6, 6.07) is 7.11. The second-order valence-electron chi connectivity index (χ2n) is 12.4. The third-order valence-corrected chi connectivity index (χ3v) is 10.1. The molecule has 0 radical (unpaired) electrons. The molecule has 0 aromatic heterocycles. The Morgan fingerprint density at radius 1 is 0.977 bits per heavy atom. The average molecular weight is 609 g/mol. The SMILES string of the molecule is C=CCN(C)C(=O)[C@@H]1[C@H]2C(=O)N(CCCCCCO)C(C(=O)N(CC=C)c3ccc(N(CC)CC)cc3)C23CC[C@@]1(CC)O3. The third-order valence-electron chi connectivity index (χ3n) is 10.1. The van der Waals surface area contributed by atoms with E-state index < -0.39 is 29.1 Å². The van der Waals surface area contributed by atoms with Gasteiger partial charge in [-0.1, -0.05) is 31.9 Å². The number of aliphatic hydroxyl groups is 1. The Morgan fingerprint density at radius 3 is 2.20 bits per heavy atom. The van der Waals surface area contributed by atoms with Gasteiger partial charge in [0.1, 0.15) is 11.6 Å². The van der Waals surface area contributed by atoms with E-state index in [0.717, 1.165) is 37.3 Å². The molecule has 3 fully saturated rings. The fourth-order valence-electron chi connectivity index (χ4n) is 7.91. The number of hydrogen-bond acceptors (Lipinski definition) is 6. The molecule has 3 saturated heterocycles. The number of amides is 3. The number of anilines is 2. The molecule has 9 nitrogen and oxygen atoms in total. The van der Waals surface area contributed by atoms with Crippen molar-refractivity contribution >= 4 is 29.1 Å². The van der Waals surface area contributed by atoms with E-state index in [1.54, 1.807) is 33.9 Å². The molecule has 9 heteroatoms. The maximum absolute atomic E-state index is 14.8. The average Bonchev–Trinajstić information content (AvgIpc) is 3.63. The van der Waals surface area contributed by atoms with Crippen molar-refractivity contribution in [1.29, 1.82) is 0 Å². The van der Waals surface area contributed by atoms with Crippen LogP contribution in [0.1, 0.15) is 65.7 Å². The molecule has 1 aromatic carbocycles. The Labute approximate surface area is 263 Å². The summed E-state index contributed by atoms with van der Waals surface area (Å²) in [5.74, 6) is -1.88. The van der Waals surface area contributed by atoms with Crippen LogP contribution in [0.25, 0.3) is 0 Å². The van der Waals surface area contributed by atoms with Gasteiger partial charge in [-0.05, 0) is 70.2 Å². The highest BCUT2D eigenvalue weighted by atomic mass is 16.5. The van der Waals surface area contributed by atoms with Crippen molar-refractivity contribution in [2.75, 3.05) is 56.2 Å². The van der Waals surface area contributed by atoms with E-state index in [9.17, 15) is 19.5 Å². The van der Waals surface area contributed by atoms with E-state index in [-0.39, 0.29) is 30.9 Å². The molecule has 3 aliphatic rings. The first-order valence-corrected chi connectivity index (χ1v) is 16.4. The number of nitrogens with zero attached hydrogens (tertiary/aromatic N) is 4. The zero-order valence-corrected chi connectivity index (χ0v) is 27.2. The van der Waals surface area contributed by atoms with Crippen molar-refractivity contribution in [3.05, 3.63) is 49.6 Å². The van der Waals surface area contributed by atoms with Gasteiger partial charge in [-0.3, -0.25) is 14.4 Å². The minimum atomic E-state index is -1.08. The van der Waals surface area contributed by atoms with Gasteiger partial charge in [0.15, 0.2) is 0 Å². The van der Waals surface area contributed by atoms with Gasteiger partial charge in [0, 0.05) is 57.8 Å². The van der Waals surface area contributed by atoms with Gasteiger partial charge in [-0.2, -0.15) is 0 Å². The highest BCUT2D eigenvalue weighted by Gasteiger charge is 2.78. The van der Waals surface area contributed by atoms with E-state index >= 15 is 0 Å². The van der Waals surface area contributed by atoms with Crippen LogP contribution in [0.2, 0.25) is 0 Å². The summed E-state index contributed by atoms with van der Waals surface area (Å²) in [6.45, 7) is 16.9. The number of fused-ring (bicyclic) bond motifs is 1. The van der Waals surface area contributed by atoms with Crippen molar-refractivity contribution in [2.45, 2.75) is 83.0 Å². The van der Waals surface area contributed by atoms with Gasteiger partial charge < -0.3 is 29.4 Å². The second kappa shape index (κ2) is 14.3. The minimum absolute atomic E-state index is 0.127. The Balaban J connectivity index is 1.75. The Bertz CT molecular complexity index is 1200. The topological polar surface area (TPSA) is 93.6 Å². The number of rotatable bonds is 17. The van der Waals surface area contributed by atoms with Crippen LogP contribution in [-0.2, 0) is 19.1 Å². The van der Waals surface area contributed by atoms with Crippen molar-refractivity contribution in [3.8, 4) is 0 Å². The van der Waals surface area contributed by atoms with E-state index in [4.69, 9.17) is 4.74 Å². The first kappa shape index (κ1) is 33.7. The molecule has 5 atom stereocenters. The van der Waals surface area contributed by atoms with Crippen LogP contribution in [-0.4, -0.2) is 96.3 Å². The van der Waals surface area contributed by atoms with Crippen LogP contribution < -0.4 is 9.80 Å². The highest BCUT2D eigenvalue weighted by molar-refractivity contribution is 6.05. The van der Waals surface area contributed by atoms with Crippen LogP contribution in [0.5, 0.6) is 0 Å². The van der Waals surface area contributed by atoms with Crippen molar-refractivity contribution in [2.24, 2.45) is 11.8 Å².